The molecule has 0 radical (unpaired) electrons. The van der Waals surface area contributed by atoms with Gasteiger partial charge in [-0.1, -0.05) is 29.4 Å². The Balaban J connectivity index is 1.21. The first kappa shape index (κ1) is 29.4. The van der Waals surface area contributed by atoms with E-state index in [9.17, 15) is 17.7 Å². The number of pyridine rings is 2. The van der Waals surface area contributed by atoms with E-state index in [2.05, 4.69) is 45.6 Å². The number of H-pyrrole nitrogens is 1. The number of nitrogens with zero attached hydrogens (tertiary/aromatic N) is 6. The number of alkyl halides is 3. The number of aromatic amines is 1. The third-order valence-corrected chi connectivity index (χ3v) is 10.6. The third kappa shape index (κ3) is 5.54. The van der Waals surface area contributed by atoms with Crippen LogP contribution in [-0.2, 0) is 24.0 Å². The van der Waals surface area contributed by atoms with Crippen LogP contribution in [0.1, 0.15) is 56.5 Å². The Bertz CT molecular complexity index is 1620. The number of halogens is 4. The van der Waals surface area contributed by atoms with E-state index in [1.165, 1.54) is 18.5 Å². The Morgan fingerprint density at radius 2 is 1.88 bits per heavy atom. The molecule has 2 aliphatic rings. The molecule has 1 spiro atoms. The minimum Gasteiger partial charge on any atom is -0.598 e. The Morgan fingerprint density at radius 1 is 1.12 bits per heavy atom. The van der Waals surface area contributed by atoms with Crippen LogP contribution in [0.25, 0.3) is 11.3 Å². The molecule has 2 atom stereocenters. The van der Waals surface area contributed by atoms with E-state index in [0.717, 1.165) is 42.3 Å². The van der Waals surface area contributed by atoms with Gasteiger partial charge in [-0.25, -0.2) is 15.0 Å². The van der Waals surface area contributed by atoms with Crippen LogP contribution in [0.3, 0.4) is 0 Å². The van der Waals surface area contributed by atoms with Gasteiger partial charge >= 0.3 is 6.18 Å². The van der Waals surface area contributed by atoms with Crippen LogP contribution < -0.4 is 9.62 Å². The summed E-state index contributed by atoms with van der Waals surface area (Å²) in [6.07, 6.45) is 2.22. The Kier molecular flexibility index (Phi) is 7.57. The van der Waals surface area contributed by atoms with Gasteiger partial charge in [-0.3, -0.25) is 4.98 Å². The van der Waals surface area contributed by atoms with Crippen molar-refractivity contribution in [2.75, 3.05) is 18.0 Å². The van der Waals surface area contributed by atoms with Crippen molar-refractivity contribution in [1.82, 2.24) is 34.6 Å². The van der Waals surface area contributed by atoms with Gasteiger partial charge < -0.3 is 14.4 Å². The summed E-state index contributed by atoms with van der Waals surface area (Å²) in [5.74, 6) is 0.598. The molecule has 1 aliphatic carbocycles. The van der Waals surface area contributed by atoms with Gasteiger partial charge in [0.2, 0.25) is 5.95 Å². The molecule has 4 aromatic heterocycles. The largest absolute Gasteiger partial charge is 0.598 e. The molecule has 0 saturated carbocycles. The quantitative estimate of drug-likeness (QED) is 0.204. The molecule has 4 aromatic rings. The second-order valence-electron chi connectivity index (χ2n) is 11.5. The SMILES string of the molecule is CC(C)(C)[S+]([O-])N[C@@H]1c2cccnc2CC12CCN(c1nc3nc(Sc4ccnc(Cl)c4C(F)(F)F)cnc3[nH]1)CC2. The normalized spacial score (nSPS) is 19.4. The lowest BCUT2D eigenvalue weighted by molar-refractivity contribution is -0.139. The van der Waals surface area contributed by atoms with Gasteiger partial charge in [0.05, 0.1) is 12.2 Å². The fourth-order valence-electron chi connectivity index (χ4n) is 5.57. The molecular weight excluding hydrogens is 609 g/mol. The highest BCUT2D eigenvalue weighted by molar-refractivity contribution is 7.99. The highest BCUT2D eigenvalue weighted by Crippen LogP contribution is 2.52. The van der Waals surface area contributed by atoms with Gasteiger partial charge in [-0.15, -0.1) is 4.72 Å². The van der Waals surface area contributed by atoms with Crippen molar-refractivity contribution in [2.45, 2.75) is 66.9 Å². The summed E-state index contributed by atoms with van der Waals surface area (Å²) in [7, 11) is 0. The van der Waals surface area contributed by atoms with E-state index < -0.39 is 33.0 Å². The molecule has 9 nitrogen and oxygen atoms in total. The number of rotatable bonds is 5. The zero-order chi connectivity index (χ0) is 29.9. The van der Waals surface area contributed by atoms with Crippen LogP contribution in [0.15, 0.2) is 46.7 Å². The fourth-order valence-corrected chi connectivity index (χ4v) is 7.74. The van der Waals surface area contributed by atoms with Gasteiger partial charge in [0.1, 0.15) is 20.5 Å². The molecule has 0 amide bonds. The molecule has 0 aromatic carbocycles. The number of hydrogen-bond acceptors (Lipinski definition) is 9. The van der Waals surface area contributed by atoms with E-state index in [-0.39, 0.29) is 21.4 Å². The van der Waals surface area contributed by atoms with Crippen LogP contribution in [0.2, 0.25) is 5.15 Å². The zero-order valence-electron chi connectivity index (χ0n) is 23.0. The molecule has 1 fully saturated rings. The monoisotopic (exact) mass is 636 g/mol. The first-order valence-electron chi connectivity index (χ1n) is 13.3. The molecule has 0 bridgehead atoms. The summed E-state index contributed by atoms with van der Waals surface area (Å²) >= 11 is 5.32. The van der Waals surface area contributed by atoms with Crippen molar-refractivity contribution >= 4 is 52.0 Å². The van der Waals surface area contributed by atoms with Crippen LogP contribution in [0, 0.1) is 5.41 Å². The molecule has 1 saturated heterocycles. The topological polar surface area (TPSA) is 119 Å². The second-order valence-corrected chi connectivity index (χ2v) is 14.9. The molecule has 6 rings (SSSR count). The first-order chi connectivity index (χ1) is 19.8. The second kappa shape index (κ2) is 10.8. The average molecular weight is 637 g/mol. The summed E-state index contributed by atoms with van der Waals surface area (Å²) in [6, 6.07) is 5.17. The highest BCUT2D eigenvalue weighted by Gasteiger charge is 2.51. The maximum Gasteiger partial charge on any atom is 0.420 e. The first-order valence-corrected chi connectivity index (χ1v) is 15.7. The van der Waals surface area contributed by atoms with Crippen molar-refractivity contribution in [3.05, 3.63) is 58.8 Å². The summed E-state index contributed by atoms with van der Waals surface area (Å²) < 4.78 is 56.9. The van der Waals surface area contributed by atoms with Crippen LogP contribution >= 0.6 is 23.4 Å². The predicted octanol–water partition coefficient (Wildman–Crippen LogP) is 5.90. The minimum absolute atomic E-state index is 0.0784. The smallest absolute Gasteiger partial charge is 0.420 e. The van der Waals surface area contributed by atoms with Crippen molar-refractivity contribution in [3.63, 3.8) is 0 Å². The van der Waals surface area contributed by atoms with Gasteiger partial charge in [0, 0.05) is 52.8 Å². The number of piperidine rings is 1. The lowest BCUT2D eigenvalue weighted by Gasteiger charge is -2.43. The number of nitrogens with one attached hydrogen (secondary N) is 2. The average Bonchev–Trinajstić information content (AvgIpc) is 3.47. The van der Waals surface area contributed by atoms with Gasteiger partial charge in [-0.05, 0) is 57.7 Å². The number of fused-ring (bicyclic) bond motifs is 2. The van der Waals surface area contributed by atoms with Crippen molar-refractivity contribution in [2.24, 2.45) is 5.41 Å². The molecule has 222 valence electrons. The maximum atomic E-state index is 13.6. The van der Waals surface area contributed by atoms with Crippen LogP contribution in [-0.4, -0.2) is 52.3 Å². The van der Waals surface area contributed by atoms with Gasteiger partial charge in [-0.2, -0.15) is 18.2 Å². The molecule has 1 aliphatic heterocycles. The summed E-state index contributed by atoms with van der Waals surface area (Å²) in [4.78, 5) is 26.9. The van der Waals surface area contributed by atoms with E-state index >= 15 is 0 Å². The van der Waals surface area contributed by atoms with Gasteiger partial charge in [0.15, 0.2) is 11.3 Å². The summed E-state index contributed by atoms with van der Waals surface area (Å²) in [6.45, 7) is 7.26. The van der Waals surface area contributed by atoms with E-state index in [1.807, 2.05) is 26.8 Å². The minimum atomic E-state index is -4.66. The fraction of sp³-hybridized carbons (Fsp3) is 0.444. The molecule has 15 heteroatoms. The summed E-state index contributed by atoms with van der Waals surface area (Å²) in [5.41, 5.74) is 1.75. The molecule has 42 heavy (non-hydrogen) atoms. The summed E-state index contributed by atoms with van der Waals surface area (Å²) in [5, 5.41) is -0.363. The molecule has 1 unspecified atom stereocenters. The van der Waals surface area contributed by atoms with Crippen molar-refractivity contribution in [1.29, 1.82) is 0 Å². The van der Waals surface area contributed by atoms with Crippen LogP contribution in [0.4, 0.5) is 19.1 Å². The molecule has 5 heterocycles. The number of hydrogen-bond donors (Lipinski definition) is 2. The Morgan fingerprint density at radius 3 is 2.60 bits per heavy atom. The molecular formula is C27H28ClF3N8OS2. The Labute approximate surface area is 252 Å². The number of aromatic nitrogens is 6. The third-order valence-electron chi connectivity index (χ3n) is 7.75. The van der Waals surface area contributed by atoms with Crippen molar-refractivity contribution < 1.29 is 17.7 Å². The van der Waals surface area contributed by atoms with E-state index in [1.54, 1.807) is 6.20 Å². The lowest BCUT2D eigenvalue weighted by atomic mass is 9.73. The highest BCUT2D eigenvalue weighted by atomic mass is 35.5. The lowest BCUT2D eigenvalue weighted by Crippen LogP contribution is -2.49. The number of imidazole rings is 1. The zero-order valence-corrected chi connectivity index (χ0v) is 25.4. The maximum absolute atomic E-state index is 13.6. The Hall–Kier alpha value is -2.65. The molecule has 2 N–H and O–H groups in total. The van der Waals surface area contributed by atoms with Crippen LogP contribution in [0.5, 0.6) is 0 Å². The van der Waals surface area contributed by atoms with Gasteiger partial charge in [0.25, 0.3) is 0 Å². The number of anilines is 1. The van der Waals surface area contributed by atoms with E-state index in [4.69, 9.17) is 11.6 Å². The predicted molar refractivity (Wildman–Crippen MR) is 156 cm³/mol. The van der Waals surface area contributed by atoms with E-state index in [0.29, 0.717) is 30.3 Å². The van der Waals surface area contributed by atoms with Crippen molar-refractivity contribution in [3.8, 4) is 0 Å². The standard InChI is InChI=1S/C27H28ClF3N8OS2/c1-25(2,3)42(40)38-20-15-5-4-9-32-16(15)13-26(20)7-11-39(12-8-26)24-36-22-23(37-24)35-18(14-34-22)41-17-6-10-33-21(28)19(17)27(29,30)31/h4-6,9-10,14,20,38H,7-8,11-13H2,1-3H3,(H,34,35,36,37)/t20-,42?/m1/s1.